The largest absolute Gasteiger partial charge is 0.378 e. The molecule has 0 aliphatic carbocycles. The first-order valence-corrected chi connectivity index (χ1v) is 9.68. The summed E-state index contributed by atoms with van der Waals surface area (Å²) in [6.45, 7) is 10.1. The molecule has 4 nitrogen and oxygen atoms in total. The van der Waals surface area contributed by atoms with Gasteiger partial charge in [-0.25, -0.2) is 8.78 Å². The molecule has 3 saturated heterocycles. The van der Waals surface area contributed by atoms with Crippen LogP contribution in [0.5, 0.6) is 0 Å². The van der Waals surface area contributed by atoms with Gasteiger partial charge in [0, 0.05) is 37.3 Å². The van der Waals surface area contributed by atoms with E-state index in [0.717, 1.165) is 55.9 Å². The molecule has 146 valence electrons. The number of fused-ring (bicyclic) bond motifs is 1. The van der Waals surface area contributed by atoms with Crippen molar-refractivity contribution in [1.82, 2.24) is 9.80 Å². The number of hydrogen-bond donors (Lipinski definition) is 1. The van der Waals surface area contributed by atoms with Crippen molar-refractivity contribution in [3.8, 4) is 0 Å². The smallest absolute Gasteiger partial charge is 0.123 e. The maximum absolute atomic E-state index is 11.9. The standard InChI is InChI=1S/C14H27N3O.C6H4F2/c1-10(2)17-4-3-11-6-16(7-14(11)17)13-5-12(15)8-18-9-13;7-5-1-2-6(8)4-3-5/h10-14H,3-9,15H2,1-2H3;1-4H. The zero-order chi connectivity index (χ0) is 18.7. The lowest BCUT2D eigenvalue weighted by molar-refractivity contribution is 0.0109. The zero-order valence-corrected chi connectivity index (χ0v) is 15.8. The van der Waals surface area contributed by atoms with Gasteiger partial charge in [0.05, 0.1) is 13.2 Å². The van der Waals surface area contributed by atoms with Gasteiger partial charge in [-0.1, -0.05) is 0 Å². The number of halogens is 2. The van der Waals surface area contributed by atoms with Crippen LogP contribution in [-0.4, -0.2) is 66.8 Å². The van der Waals surface area contributed by atoms with Crippen molar-refractivity contribution in [3.63, 3.8) is 0 Å². The molecule has 2 N–H and O–H groups in total. The van der Waals surface area contributed by atoms with Crippen molar-refractivity contribution >= 4 is 0 Å². The molecule has 0 amide bonds. The highest BCUT2D eigenvalue weighted by atomic mass is 19.1. The second-order valence-corrected chi connectivity index (χ2v) is 8.03. The second-order valence-electron chi connectivity index (χ2n) is 8.03. The average Bonchev–Trinajstić information content (AvgIpc) is 3.18. The molecule has 3 aliphatic heterocycles. The summed E-state index contributed by atoms with van der Waals surface area (Å²) in [5.41, 5.74) is 6.02. The molecule has 0 aromatic heterocycles. The minimum atomic E-state index is -0.411. The normalized spacial score (nSPS) is 32.4. The summed E-state index contributed by atoms with van der Waals surface area (Å²) >= 11 is 0. The summed E-state index contributed by atoms with van der Waals surface area (Å²) in [6, 6.07) is 6.58. The predicted molar refractivity (Wildman–Crippen MR) is 98.9 cm³/mol. The fourth-order valence-electron chi connectivity index (χ4n) is 4.49. The maximum Gasteiger partial charge on any atom is 0.123 e. The lowest BCUT2D eigenvalue weighted by atomic mass is 10.0. The first-order chi connectivity index (χ1) is 12.4. The molecule has 0 radical (unpaired) electrons. The van der Waals surface area contributed by atoms with E-state index in [2.05, 4.69) is 23.6 Å². The van der Waals surface area contributed by atoms with Gasteiger partial charge in [0.1, 0.15) is 11.6 Å². The lowest BCUT2D eigenvalue weighted by Gasteiger charge is -2.35. The monoisotopic (exact) mass is 367 g/mol. The first-order valence-electron chi connectivity index (χ1n) is 9.68. The quantitative estimate of drug-likeness (QED) is 0.872. The molecule has 3 aliphatic rings. The highest BCUT2D eigenvalue weighted by Gasteiger charge is 2.44. The topological polar surface area (TPSA) is 41.7 Å². The Morgan fingerprint density at radius 3 is 2.31 bits per heavy atom. The summed E-state index contributed by atoms with van der Waals surface area (Å²) in [5, 5.41) is 0. The van der Waals surface area contributed by atoms with E-state index in [0.29, 0.717) is 12.1 Å². The Labute approximate surface area is 155 Å². The molecule has 6 heteroatoms. The van der Waals surface area contributed by atoms with Gasteiger partial charge in [0.2, 0.25) is 0 Å². The van der Waals surface area contributed by atoms with E-state index in [1.54, 1.807) is 0 Å². The molecule has 3 heterocycles. The molecule has 0 bridgehead atoms. The number of rotatable bonds is 2. The Kier molecular flexibility index (Phi) is 6.61. The third kappa shape index (κ3) is 4.80. The molecular formula is C20H31F2N3O. The highest BCUT2D eigenvalue weighted by Crippen LogP contribution is 2.34. The second kappa shape index (κ2) is 8.74. The van der Waals surface area contributed by atoms with Crippen LogP contribution in [0.1, 0.15) is 26.7 Å². The number of nitrogens with zero attached hydrogens (tertiary/aromatic N) is 2. The van der Waals surface area contributed by atoms with E-state index in [-0.39, 0.29) is 6.04 Å². The summed E-state index contributed by atoms with van der Waals surface area (Å²) < 4.78 is 29.5. The van der Waals surface area contributed by atoms with Gasteiger partial charge in [0.25, 0.3) is 0 Å². The minimum Gasteiger partial charge on any atom is -0.378 e. The molecule has 0 spiro atoms. The summed E-state index contributed by atoms with van der Waals surface area (Å²) in [6.07, 6.45) is 2.49. The van der Waals surface area contributed by atoms with Gasteiger partial charge < -0.3 is 10.5 Å². The zero-order valence-electron chi connectivity index (χ0n) is 15.8. The van der Waals surface area contributed by atoms with Crippen molar-refractivity contribution in [2.24, 2.45) is 11.7 Å². The molecule has 1 aromatic carbocycles. The van der Waals surface area contributed by atoms with Crippen LogP contribution < -0.4 is 5.73 Å². The summed E-state index contributed by atoms with van der Waals surface area (Å²) in [4.78, 5) is 5.33. The van der Waals surface area contributed by atoms with Crippen molar-refractivity contribution in [2.75, 3.05) is 32.8 Å². The molecule has 0 saturated carbocycles. The van der Waals surface area contributed by atoms with Gasteiger partial charge >= 0.3 is 0 Å². The van der Waals surface area contributed by atoms with E-state index in [4.69, 9.17) is 10.5 Å². The predicted octanol–water partition coefficient (Wildman–Crippen LogP) is 2.48. The SMILES string of the molecule is CC(C)N1CCC2CN(C3COCC(N)C3)CC21.Fc1ccc(F)cc1. The van der Waals surface area contributed by atoms with Gasteiger partial charge in [-0.3, -0.25) is 9.80 Å². The molecular weight excluding hydrogens is 336 g/mol. The Balaban J connectivity index is 0.000000206. The third-order valence-corrected chi connectivity index (χ3v) is 5.82. The number of benzene rings is 1. The minimum absolute atomic E-state index is 0.241. The van der Waals surface area contributed by atoms with E-state index < -0.39 is 11.6 Å². The fourth-order valence-corrected chi connectivity index (χ4v) is 4.49. The van der Waals surface area contributed by atoms with Crippen LogP contribution in [0.25, 0.3) is 0 Å². The molecule has 26 heavy (non-hydrogen) atoms. The lowest BCUT2D eigenvalue weighted by Crippen LogP contribution is -2.48. The van der Waals surface area contributed by atoms with Crippen LogP contribution in [0.3, 0.4) is 0 Å². The van der Waals surface area contributed by atoms with Crippen LogP contribution in [0.2, 0.25) is 0 Å². The van der Waals surface area contributed by atoms with Crippen molar-refractivity contribution in [2.45, 2.75) is 50.9 Å². The molecule has 4 unspecified atom stereocenters. The summed E-state index contributed by atoms with van der Waals surface area (Å²) in [5.74, 6) is 0.0587. The first kappa shape index (κ1) is 19.7. The fraction of sp³-hybridized carbons (Fsp3) is 0.700. The number of ether oxygens (including phenoxy) is 1. The van der Waals surface area contributed by atoms with E-state index in [1.807, 2.05) is 0 Å². The van der Waals surface area contributed by atoms with E-state index in [9.17, 15) is 8.78 Å². The molecule has 4 atom stereocenters. The van der Waals surface area contributed by atoms with Crippen molar-refractivity contribution < 1.29 is 13.5 Å². The number of likely N-dealkylation sites (tertiary alicyclic amines) is 2. The van der Waals surface area contributed by atoms with E-state index in [1.165, 1.54) is 26.1 Å². The van der Waals surface area contributed by atoms with Crippen LogP contribution >= 0.6 is 0 Å². The Hall–Kier alpha value is -1.08. The van der Waals surface area contributed by atoms with Crippen molar-refractivity contribution in [3.05, 3.63) is 35.9 Å². The molecule has 4 rings (SSSR count). The highest BCUT2D eigenvalue weighted by molar-refractivity contribution is 5.04. The molecule has 3 fully saturated rings. The Bertz CT molecular complexity index is 548. The van der Waals surface area contributed by atoms with Crippen molar-refractivity contribution in [1.29, 1.82) is 0 Å². The van der Waals surface area contributed by atoms with Gasteiger partial charge in [-0.05, 0) is 63.4 Å². The third-order valence-electron chi connectivity index (χ3n) is 5.82. The van der Waals surface area contributed by atoms with Gasteiger partial charge in [0.15, 0.2) is 0 Å². The number of nitrogens with two attached hydrogens (primary N) is 1. The van der Waals surface area contributed by atoms with Crippen LogP contribution in [0, 0.1) is 17.6 Å². The average molecular weight is 367 g/mol. The van der Waals surface area contributed by atoms with Gasteiger partial charge in [-0.2, -0.15) is 0 Å². The van der Waals surface area contributed by atoms with Gasteiger partial charge in [-0.15, -0.1) is 0 Å². The Morgan fingerprint density at radius 2 is 1.73 bits per heavy atom. The van der Waals surface area contributed by atoms with Crippen LogP contribution in [-0.2, 0) is 4.74 Å². The summed E-state index contributed by atoms with van der Waals surface area (Å²) in [7, 11) is 0. The molecule has 1 aromatic rings. The van der Waals surface area contributed by atoms with Crippen LogP contribution in [0.15, 0.2) is 24.3 Å². The maximum atomic E-state index is 11.9. The Morgan fingerprint density at radius 1 is 1.08 bits per heavy atom. The number of hydrogen-bond acceptors (Lipinski definition) is 4. The van der Waals surface area contributed by atoms with Crippen LogP contribution in [0.4, 0.5) is 8.78 Å². The van der Waals surface area contributed by atoms with E-state index >= 15 is 0 Å².